The maximum absolute atomic E-state index is 12.6. The summed E-state index contributed by atoms with van der Waals surface area (Å²) in [5, 5.41) is 3.21. The fourth-order valence-electron chi connectivity index (χ4n) is 2.34. The van der Waals surface area contributed by atoms with E-state index in [1.54, 1.807) is 16.4 Å². The molecule has 1 saturated heterocycles. The van der Waals surface area contributed by atoms with E-state index in [-0.39, 0.29) is 6.04 Å². The van der Waals surface area contributed by atoms with Crippen LogP contribution in [0.4, 0.5) is 0 Å². The Morgan fingerprint density at radius 3 is 2.42 bits per heavy atom. The van der Waals surface area contributed by atoms with E-state index in [1.807, 2.05) is 19.1 Å². The fourth-order valence-corrected chi connectivity index (χ4v) is 3.97. The summed E-state index contributed by atoms with van der Waals surface area (Å²) < 4.78 is 26.7. The zero-order valence-electron chi connectivity index (χ0n) is 11.8. The molecule has 0 bridgehead atoms. The van der Waals surface area contributed by atoms with Gasteiger partial charge in [0.25, 0.3) is 0 Å². The topological polar surface area (TPSA) is 49.4 Å². The van der Waals surface area contributed by atoms with Gasteiger partial charge in [0.05, 0.1) is 4.90 Å². The largest absolute Gasteiger partial charge is 0.314 e. The van der Waals surface area contributed by atoms with Crippen molar-refractivity contribution in [1.82, 2.24) is 9.62 Å². The van der Waals surface area contributed by atoms with Crippen molar-refractivity contribution in [1.29, 1.82) is 0 Å². The summed E-state index contributed by atoms with van der Waals surface area (Å²) in [4.78, 5) is 0.394. The molecule has 106 valence electrons. The molecule has 19 heavy (non-hydrogen) atoms. The molecule has 4 nitrogen and oxygen atoms in total. The molecular formula is C14H22N2O2S. The highest BCUT2D eigenvalue weighted by Gasteiger charge is 2.30. The first-order valence-electron chi connectivity index (χ1n) is 6.75. The highest BCUT2D eigenvalue weighted by atomic mass is 32.2. The second-order valence-corrected chi connectivity index (χ2v) is 7.28. The summed E-state index contributed by atoms with van der Waals surface area (Å²) in [7, 11) is -3.36. The number of nitrogens with one attached hydrogen (secondary N) is 1. The first kappa shape index (κ1) is 14.5. The summed E-state index contributed by atoms with van der Waals surface area (Å²) in [5.74, 6) is 0.412. The van der Waals surface area contributed by atoms with Crippen LogP contribution in [0.5, 0.6) is 0 Å². The average molecular weight is 282 g/mol. The maximum atomic E-state index is 12.6. The molecule has 0 radical (unpaired) electrons. The van der Waals surface area contributed by atoms with E-state index in [9.17, 15) is 8.42 Å². The van der Waals surface area contributed by atoms with Gasteiger partial charge < -0.3 is 5.32 Å². The van der Waals surface area contributed by atoms with E-state index in [2.05, 4.69) is 19.2 Å². The summed E-state index contributed by atoms with van der Waals surface area (Å²) in [6.07, 6.45) is 0. The van der Waals surface area contributed by atoms with Crippen molar-refractivity contribution < 1.29 is 8.42 Å². The maximum Gasteiger partial charge on any atom is 0.243 e. The van der Waals surface area contributed by atoms with Crippen molar-refractivity contribution >= 4 is 10.0 Å². The number of hydrogen-bond acceptors (Lipinski definition) is 3. The van der Waals surface area contributed by atoms with E-state index in [0.29, 0.717) is 30.4 Å². The molecule has 1 aliphatic rings. The number of sulfonamides is 1. The Balaban J connectivity index is 2.28. The first-order chi connectivity index (χ1) is 8.93. The normalized spacial score (nSPS) is 21.8. The molecule has 0 aromatic heterocycles. The minimum atomic E-state index is -3.36. The highest BCUT2D eigenvalue weighted by molar-refractivity contribution is 7.89. The van der Waals surface area contributed by atoms with Crippen LogP contribution < -0.4 is 5.32 Å². The van der Waals surface area contributed by atoms with Gasteiger partial charge in [-0.15, -0.1) is 0 Å². The monoisotopic (exact) mass is 282 g/mol. The van der Waals surface area contributed by atoms with Gasteiger partial charge in [-0.2, -0.15) is 4.31 Å². The van der Waals surface area contributed by atoms with Crippen molar-refractivity contribution in [3.63, 3.8) is 0 Å². The quantitative estimate of drug-likeness (QED) is 0.919. The smallest absolute Gasteiger partial charge is 0.243 e. The van der Waals surface area contributed by atoms with Gasteiger partial charge in [0, 0.05) is 25.7 Å². The molecule has 0 unspecified atom stereocenters. The molecule has 0 spiro atoms. The molecule has 1 aliphatic heterocycles. The van der Waals surface area contributed by atoms with Crippen LogP contribution in [0.2, 0.25) is 0 Å². The fraction of sp³-hybridized carbons (Fsp3) is 0.571. The van der Waals surface area contributed by atoms with Gasteiger partial charge in [0.15, 0.2) is 0 Å². The van der Waals surface area contributed by atoms with Crippen LogP contribution in [0.1, 0.15) is 32.3 Å². The van der Waals surface area contributed by atoms with Gasteiger partial charge >= 0.3 is 0 Å². The lowest BCUT2D eigenvalue weighted by Crippen LogP contribution is -2.52. The van der Waals surface area contributed by atoms with Gasteiger partial charge in [0.1, 0.15) is 0 Å². The van der Waals surface area contributed by atoms with Gasteiger partial charge in [-0.25, -0.2) is 8.42 Å². The zero-order valence-corrected chi connectivity index (χ0v) is 12.6. The molecule has 0 amide bonds. The number of piperazine rings is 1. The Morgan fingerprint density at radius 2 is 1.89 bits per heavy atom. The van der Waals surface area contributed by atoms with E-state index in [0.717, 1.165) is 5.56 Å². The van der Waals surface area contributed by atoms with Gasteiger partial charge in [-0.05, 0) is 30.5 Å². The molecule has 2 rings (SSSR count). The van der Waals surface area contributed by atoms with Crippen LogP contribution in [0, 0.1) is 0 Å². The zero-order chi connectivity index (χ0) is 14.0. The second kappa shape index (κ2) is 5.61. The molecule has 5 heteroatoms. The van der Waals surface area contributed by atoms with Gasteiger partial charge in [-0.1, -0.05) is 26.0 Å². The summed E-state index contributed by atoms with van der Waals surface area (Å²) in [6, 6.07) is 7.26. The average Bonchev–Trinajstić information content (AvgIpc) is 2.39. The third-order valence-electron chi connectivity index (χ3n) is 3.59. The molecule has 1 aromatic carbocycles. The molecule has 1 heterocycles. The molecule has 1 N–H and O–H groups in total. The molecule has 1 aromatic rings. The van der Waals surface area contributed by atoms with Crippen LogP contribution in [-0.4, -0.2) is 38.4 Å². The minimum absolute atomic E-state index is 0.00326. The van der Waals surface area contributed by atoms with Crippen molar-refractivity contribution in [2.24, 2.45) is 0 Å². The molecular weight excluding hydrogens is 260 g/mol. The minimum Gasteiger partial charge on any atom is -0.314 e. The van der Waals surface area contributed by atoms with Crippen molar-refractivity contribution in [2.75, 3.05) is 19.6 Å². The lowest BCUT2D eigenvalue weighted by atomic mass is 10.0. The van der Waals surface area contributed by atoms with E-state index in [1.165, 1.54) is 0 Å². The Hall–Kier alpha value is -0.910. The summed E-state index contributed by atoms with van der Waals surface area (Å²) >= 11 is 0. The van der Waals surface area contributed by atoms with Crippen LogP contribution in [0.25, 0.3) is 0 Å². The molecule has 1 fully saturated rings. The number of rotatable bonds is 3. The van der Waals surface area contributed by atoms with E-state index < -0.39 is 10.0 Å². The van der Waals surface area contributed by atoms with Gasteiger partial charge in [0.2, 0.25) is 10.0 Å². The molecule has 0 aliphatic carbocycles. The first-order valence-corrected chi connectivity index (χ1v) is 8.19. The van der Waals surface area contributed by atoms with E-state index >= 15 is 0 Å². The Bertz CT molecular complexity index is 523. The molecule has 1 atom stereocenters. The predicted octanol–water partition coefficient (Wildman–Crippen LogP) is 1.79. The van der Waals surface area contributed by atoms with Crippen LogP contribution in [-0.2, 0) is 10.0 Å². The highest BCUT2D eigenvalue weighted by Crippen LogP contribution is 2.22. The Kier molecular flexibility index (Phi) is 4.28. The van der Waals surface area contributed by atoms with E-state index in [4.69, 9.17) is 0 Å². The third kappa shape index (κ3) is 2.99. The lowest BCUT2D eigenvalue weighted by molar-refractivity contribution is 0.284. The van der Waals surface area contributed by atoms with Gasteiger partial charge in [-0.3, -0.25) is 0 Å². The summed E-state index contributed by atoms with van der Waals surface area (Å²) in [5.41, 5.74) is 1.16. The number of hydrogen-bond donors (Lipinski definition) is 1. The third-order valence-corrected chi connectivity index (χ3v) is 5.62. The summed E-state index contributed by atoms with van der Waals surface area (Å²) in [6.45, 7) is 8.10. The number of nitrogens with zero attached hydrogens (tertiary/aromatic N) is 1. The lowest BCUT2D eigenvalue weighted by Gasteiger charge is -2.32. The van der Waals surface area contributed by atoms with Crippen molar-refractivity contribution in [3.05, 3.63) is 29.8 Å². The predicted molar refractivity (Wildman–Crippen MR) is 76.8 cm³/mol. The standard InChI is InChI=1S/C14H22N2O2S/c1-11(2)13-4-6-14(7-5-13)19(17,18)16-9-8-15-10-12(16)3/h4-7,11-12,15H,8-10H2,1-3H3/t12-/m0/s1. The Labute approximate surface area is 115 Å². The van der Waals surface area contributed by atoms with Crippen molar-refractivity contribution in [3.8, 4) is 0 Å². The number of benzene rings is 1. The van der Waals surface area contributed by atoms with Crippen molar-refractivity contribution in [2.45, 2.75) is 37.6 Å². The SMILES string of the molecule is CC(C)c1ccc(S(=O)(=O)N2CCNC[C@@H]2C)cc1. The molecule has 0 saturated carbocycles. The second-order valence-electron chi connectivity index (χ2n) is 5.39. The Morgan fingerprint density at radius 1 is 1.26 bits per heavy atom. The van der Waals surface area contributed by atoms with Crippen LogP contribution >= 0.6 is 0 Å². The van der Waals surface area contributed by atoms with Crippen LogP contribution in [0.15, 0.2) is 29.2 Å². The van der Waals surface area contributed by atoms with Crippen LogP contribution in [0.3, 0.4) is 0 Å².